The number of rotatable bonds is 8. The van der Waals surface area contributed by atoms with Crippen molar-refractivity contribution in [3.8, 4) is 0 Å². The van der Waals surface area contributed by atoms with Gasteiger partial charge in [0.2, 0.25) is 0 Å². The Bertz CT molecular complexity index is 1010. The standard InChI is InChI=1S/C22H20N2O6/c1-30-14-13-23-20(16-8-10-17(11-9-16)24(28)29)19(21(26)22(23)27)18(25)12-7-15-5-3-2-4-6-15/h2-12,20,26H,13-14H2,1H3. The number of hydrogen-bond acceptors (Lipinski definition) is 6. The molecule has 2 aromatic carbocycles. The minimum atomic E-state index is -0.874. The highest BCUT2D eigenvalue weighted by atomic mass is 16.6. The van der Waals surface area contributed by atoms with Gasteiger partial charge in [0.05, 0.1) is 23.1 Å². The SMILES string of the molecule is COCCN1C(=O)C(O)=C(C(=O)C=Cc2ccccc2)C1c1ccc([N+](=O)[O-])cc1. The van der Waals surface area contributed by atoms with Gasteiger partial charge in [0, 0.05) is 25.8 Å². The van der Waals surface area contributed by atoms with E-state index in [-0.39, 0.29) is 24.4 Å². The van der Waals surface area contributed by atoms with Crippen molar-refractivity contribution in [1.82, 2.24) is 4.90 Å². The van der Waals surface area contributed by atoms with Crippen LogP contribution in [0.1, 0.15) is 17.2 Å². The van der Waals surface area contributed by atoms with E-state index in [1.807, 2.05) is 30.3 Å². The quantitative estimate of drug-likeness (QED) is 0.408. The lowest BCUT2D eigenvalue weighted by molar-refractivity contribution is -0.384. The van der Waals surface area contributed by atoms with Crippen LogP contribution in [-0.4, -0.2) is 46.9 Å². The molecule has 0 aliphatic carbocycles. The molecular weight excluding hydrogens is 388 g/mol. The average Bonchev–Trinajstić information content (AvgIpc) is 3.01. The highest BCUT2D eigenvalue weighted by molar-refractivity contribution is 6.14. The van der Waals surface area contributed by atoms with E-state index in [0.29, 0.717) is 5.56 Å². The number of methoxy groups -OCH3 is 1. The minimum Gasteiger partial charge on any atom is -0.503 e. The molecular formula is C22H20N2O6. The molecule has 0 saturated heterocycles. The van der Waals surface area contributed by atoms with Crippen molar-refractivity contribution >= 4 is 23.5 Å². The lowest BCUT2D eigenvalue weighted by atomic mass is 9.95. The molecule has 1 N–H and O–H groups in total. The Hall–Kier alpha value is -3.78. The Balaban J connectivity index is 1.98. The van der Waals surface area contributed by atoms with Gasteiger partial charge >= 0.3 is 0 Å². The maximum atomic E-state index is 12.9. The average molecular weight is 408 g/mol. The second-order valence-electron chi connectivity index (χ2n) is 6.61. The van der Waals surface area contributed by atoms with Gasteiger partial charge in [0.1, 0.15) is 0 Å². The normalized spacial score (nSPS) is 16.5. The van der Waals surface area contributed by atoms with Gasteiger partial charge in [0.25, 0.3) is 11.6 Å². The van der Waals surface area contributed by atoms with Crippen molar-refractivity contribution in [3.05, 3.63) is 93.2 Å². The zero-order valence-corrected chi connectivity index (χ0v) is 16.2. The fourth-order valence-electron chi connectivity index (χ4n) is 3.28. The number of allylic oxidation sites excluding steroid dienone is 1. The monoisotopic (exact) mass is 408 g/mol. The van der Waals surface area contributed by atoms with E-state index >= 15 is 0 Å². The van der Waals surface area contributed by atoms with Crippen molar-refractivity contribution in [1.29, 1.82) is 0 Å². The number of nitro groups is 1. The smallest absolute Gasteiger partial charge is 0.290 e. The molecule has 0 fully saturated rings. The van der Waals surface area contributed by atoms with Crippen LogP contribution in [0.15, 0.2) is 72.0 Å². The maximum Gasteiger partial charge on any atom is 0.290 e. The Morgan fingerprint density at radius 2 is 1.87 bits per heavy atom. The molecule has 0 bridgehead atoms. The van der Waals surface area contributed by atoms with Crippen LogP contribution in [0.4, 0.5) is 5.69 Å². The fraction of sp³-hybridized carbons (Fsp3) is 0.182. The number of carbonyl (C=O) groups excluding carboxylic acids is 2. The molecule has 1 unspecified atom stereocenters. The highest BCUT2D eigenvalue weighted by Crippen LogP contribution is 2.38. The van der Waals surface area contributed by atoms with Crippen molar-refractivity contribution < 1.29 is 24.4 Å². The topological polar surface area (TPSA) is 110 Å². The molecule has 1 atom stereocenters. The predicted octanol–water partition coefficient (Wildman–Crippen LogP) is 3.22. The molecule has 8 heteroatoms. The number of hydrogen-bond donors (Lipinski definition) is 1. The Morgan fingerprint density at radius 1 is 1.20 bits per heavy atom. The minimum absolute atomic E-state index is 0.0721. The number of benzene rings is 2. The zero-order valence-electron chi connectivity index (χ0n) is 16.2. The van der Waals surface area contributed by atoms with Gasteiger partial charge in [-0.2, -0.15) is 0 Å². The van der Waals surface area contributed by atoms with Gasteiger partial charge in [0.15, 0.2) is 11.5 Å². The molecule has 8 nitrogen and oxygen atoms in total. The number of amides is 1. The van der Waals surface area contributed by atoms with Gasteiger partial charge in [-0.15, -0.1) is 0 Å². The summed E-state index contributed by atoms with van der Waals surface area (Å²) in [6.07, 6.45) is 2.89. The zero-order chi connectivity index (χ0) is 21.7. The Morgan fingerprint density at radius 3 is 2.47 bits per heavy atom. The van der Waals surface area contributed by atoms with E-state index in [9.17, 15) is 24.8 Å². The van der Waals surface area contributed by atoms with Crippen LogP contribution < -0.4 is 0 Å². The first-order chi connectivity index (χ1) is 14.4. The lowest BCUT2D eigenvalue weighted by Gasteiger charge is -2.26. The molecule has 1 heterocycles. The van der Waals surface area contributed by atoms with E-state index in [0.717, 1.165) is 5.56 Å². The van der Waals surface area contributed by atoms with Gasteiger partial charge in [-0.25, -0.2) is 0 Å². The van der Waals surface area contributed by atoms with Crippen LogP contribution in [0.5, 0.6) is 0 Å². The molecule has 1 aliphatic rings. The van der Waals surface area contributed by atoms with Crippen LogP contribution in [0.3, 0.4) is 0 Å². The number of aliphatic hydroxyl groups excluding tert-OH is 1. The molecule has 3 rings (SSSR count). The number of ether oxygens (including phenoxy) is 1. The summed E-state index contributed by atoms with van der Waals surface area (Å²) in [6.45, 7) is 0.337. The largest absolute Gasteiger partial charge is 0.503 e. The highest BCUT2D eigenvalue weighted by Gasteiger charge is 2.42. The third kappa shape index (κ3) is 4.28. The van der Waals surface area contributed by atoms with Crippen molar-refractivity contribution in [2.24, 2.45) is 0 Å². The van der Waals surface area contributed by atoms with Crippen molar-refractivity contribution in [3.63, 3.8) is 0 Å². The number of non-ortho nitro benzene ring substituents is 1. The number of nitrogens with zero attached hydrogens (tertiary/aromatic N) is 2. The predicted molar refractivity (Wildman–Crippen MR) is 110 cm³/mol. The Labute approximate surface area is 172 Å². The van der Waals surface area contributed by atoms with Gasteiger partial charge in [-0.05, 0) is 29.3 Å². The van der Waals surface area contributed by atoms with Crippen molar-refractivity contribution in [2.45, 2.75) is 6.04 Å². The first-order valence-corrected chi connectivity index (χ1v) is 9.19. The van der Waals surface area contributed by atoms with Crippen LogP contribution >= 0.6 is 0 Å². The van der Waals surface area contributed by atoms with Gasteiger partial charge < -0.3 is 14.7 Å². The third-order valence-corrected chi connectivity index (χ3v) is 4.75. The summed E-state index contributed by atoms with van der Waals surface area (Å²) in [5.74, 6) is -1.84. The summed E-state index contributed by atoms with van der Waals surface area (Å²) >= 11 is 0. The van der Waals surface area contributed by atoms with E-state index in [1.54, 1.807) is 6.08 Å². The first kappa shape index (κ1) is 20.9. The summed E-state index contributed by atoms with van der Waals surface area (Å²) in [4.78, 5) is 37.3. The van der Waals surface area contributed by atoms with Crippen LogP contribution in [0.25, 0.3) is 6.08 Å². The molecule has 30 heavy (non-hydrogen) atoms. The molecule has 0 aromatic heterocycles. The molecule has 1 amide bonds. The summed E-state index contributed by atoms with van der Waals surface area (Å²) in [7, 11) is 1.48. The lowest BCUT2D eigenvalue weighted by Crippen LogP contribution is -2.33. The fourth-order valence-corrected chi connectivity index (χ4v) is 3.28. The van der Waals surface area contributed by atoms with Crippen LogP contribution in [0.2, 0.25) is 0 Å². The first-order valence-electron chi connectivity index (χ1n) is 9.19. The number of carbonyl (C=O) groups is 2. The van der Waals surface area contributed by atoms with Gasteiger partial charge in [-0.3, -0.25) is 19.7 Å². The van der Waals surface area contributed by atoms with E-state index < -0.39 is 28.4 Å². The third-order valence-electron chi connectivity index (χ3n) is 4.75. The molecule has 0 spiro atoms. The second-order valence-corrected chi connectivity index (χ2v) is 6.61. The van der Waals surface area contributed by atoms with E-state index in [1.165, 1.54) is 42.4 Å². The number of ketones is 1. The Kier molecular flexibility index (Phi) is 6.38. The van der Waals surface area contributed by atoms with Crippen LogP contribution in [-0.2, 0) is 14.3 Å². The summed E-state index contributed by atoms with van der Waals surface area (Å²) in [6, 6.07) is 13.8. The molecule has 1 aliphatic heterocycles. The summed E-state index contributed by atoms with van der Waals surface area (Å²) in [5.41, 5.74) is 1.08. The maximum absolute atomic E-state index is 12.9. The van der Waals surface area contributed by atoms with Gasteiger partial charge in [-0.1, -0.05) is 36.4 Å². The van der Waals surface area contributed by atoms with Crippen molar-refractivity contribution in [2.75, 3.05) is 20.3 Å². The summed E-state index contributed by atoms with van der Waals surface area (Å²) < 4.78 is 5.04. The molecule has 0 radical (unpaired) electrons. The second kappa shape index (κ2) is 9.15. The molecule has 154 valence electrons. The molecule has 2 aromatic rings. The molecule has 0 saturated carbocycles. The van der Waals surface area contributed by atoms with Crippen LogP contribution in [0, 0.1) is 10.1 Å². The summed E-state index contributed by atoms with van der Waals surface area (Å²) in [5, 5.41) is 21.4. The number of aliphatic hydroxyl groups is 1. The van der Waals surface area contributed by atoms with E-state index in [2.05, 4.69) is 0 Å². The van der Waals surface area contributed by atoms with E-state index in [4.69, 9.17) is 4.74 Å². The number of nitro benzene ring substituents is 1.